The second kappa shape index (κ2) is 7.65. The van der Waals surface area contributed by atoms with Crippen LogP contribution >= 0.6 is 34.8 Å². The highest BCUT2D eigenvalue weighted by atomic mass is 35.5. The van der Waals surface area contributed by atoms with E-state index in [9.17, 15) is 9.90 Å². The van der Waals surface area contributed by atoms with E-state index in [0.717, 1.165) is 0 Å². The lowest BCUT2D eigenvalue weighted by molar-refractivity contribution is 0.175. The van der Waals surface area contributed by atoms with Crippen molar-refractivity contribution in [3.63, 3.8) is 0 Å². The number of rotatable bonds is 4. The minimum absolute atomic E-state index is 0.0228. The number of halogens is 3. The number of pyridine rings is 1. The molecule has 0 aliphatic carbocycles. The van der Waals surface area contributed by atoms with Crippen LogP contribution in [0.3, 0.4) is 0 Å². The first-order chi connectivity index (χ1) is 10.5. The van der Waals surface area contributed by atoms with Gasteiger partial charge in [0, 0.05) is 28.4 Å². The molecular formula is C14H12Cl3N3O2. The molecule has 2 rings (SSSR count). The number of carbonyl (C=O) groups excluding carboxylic acids is 1. The van der Waals surface area contributed by atoms with Crippen molar-refractivity contribution >= 4 is 46.5 Å². The van der Waals surface area contributed by atoms with E-state index in [0.29, 0.717) is 21.3 Å². The number of aromatic nitrogens is 1. The highest BCUT2D eigenvalue weighted by Gasteiger charge is 2.13. The van der Waals surface area contributed by atoms with E-state index >= 15 is 0 Å². The van der Waals surface area contributed by atoms with E-state index in [1.807, 2.05) is 0 Å². The van der Waals surface area contributed by atoms with Crippen molar-refractivity contribution in [2.24, 2.45) is 0 Å². The lowest BCUT2D eigenvalue weighted by atomic mass is 10.1. The number of urea groups is 1. The summed E-state index contributed by atoms with van der Waals surface area (Å²) in [5.74, 6) is 0. The normalized spacial score (nSPS) is 11.8. The van der Waals surface area contributed by atoms with Crippen LogP contribution in [0.2, 0.25) is 15.2 Å². The van der Waals surface area contributed by atoms with Crippen LogP contribution in [-0.2, 0) is 0 Å². The number of hydrogen-bond acceptors (Lipinski definition) is 3. The summed E-state index contributed by atoms with van der Waals surface area (Å²) in [6, 6.07) is 7.48. The van der Waals surface area contributed by atoms with Gasteiger partial charge in [0.25, 0.3) is 0 Å². The van der Waals surface area contributed by atoms with Crippen LogP contribution in [0.4, 0.5) is 10.5 Å². The molecule has 22 heavy (non-hydrogen) atoms. The van der Waals surface area contributed by atoms with Crippen LogP contribution in [0.15, 0.2) is 36.5 Å². The highest BCUT2D eigenvalue weighted by Crippen LogP contribution is 2.26. The van der Waals surface area contributed by atoms with Gasteiger partial charge in [0.1, 0.15) is 0 Å². The van der Waals surface area contributed by atoms with Gasteiger partial charge in [-0.2, -0.15) is 0 Å². The molecule has 1 aromatic heterocycles. The molecule has 0 saturated heterocycles. The number of anilines is 1. The van der Waals surface area contributed by atoms with E-state index in [1.165, 1.54) is 12.3 Å². The van der Waals surface area contributed by atoms with Gasteiger partial charge < -0.3 is 15.7 Å². The predicted molar refractivity (Wildman–Crippen MR) is 87.7 cm³/mol. The van der Waals surface area contributed by atoms with Crippen LogP contribution in [-0.4, -0.2) is 22.7 Å². The number of amides is 2. The maximum absolute atomic E-state index is 11.8. The van der Waals surface area contributed by atoms with Crippen molar-refractivity contribution in [2.75, 3.05) is 11.9 Å². The Hall–Kier alpha value is -1.53. The second-order valence-corrected chi connectivity index (χ2v) is 5.56. The van der Waals surface area contributed by atoms with Gasteiger partial charge in [-0.15, -0.1) is 0 Å². The Morgan fingerprint density at radius 2 is 2.05 bits per heavy atom. The molecule has 5 nitrogen and oxygen atoms in total. The zero-order chi connectivity index (χ0) is 16.1. The summed E-state index contributed by atoms with van der Waals surface area (Å²) in [6.45, 7) is -0.0228. The van der Waals surface area contributed by atoms with Gasteiger partial charge >= 0.3 is 6.03 Å². The molecule has 0 fully saturated rings. The van der Waals surface area contributed by atoms with Crippen LogP contribution in [0.5, 0.6) is 0 Å². The van der Waals surface area contributed by atoms with Gasteiger partial charge in [0.05, 0.1) is 11.8 Å². The molecule has 3 N–H and O–H groups in total. The van der Waals surface area contributed by atoms with Gasteiger partial charge in [-0.05, 0) is 24.3 Å². The molecule has 8 heteroatoms. The summed E-state index contributed by atoms with van der Waals surface area (Å²) in [5.41, 5.74) is 0.853. The van der Waals surface area contributed by atoms with Gasteiger partial charge in [0.2, 0.25) is 0 Å². The Labute approximate surface area is 142 Å². The third-order valence-electron chi connectivity index (χ3n) is 2.78. The van der Waals surface area contributed by atoms with Crippen molar-refractivity contribution in [3.05, 3.63) is 57.3 Å². The SMILES string of the molecule is O=C(NCC(O)c1ccc(Cl)cc1Cl)Nc1cccnc1Cl. The molecule has 0 spiro atoms. The van der Waals surface area contributed by atoms with Gasteiger partial charge in [0.15, 0.2) is 5.15 Å². The molecule has 1 heterocycles. The molecule has 1 unspecified atom stereocenters. The molecule has 2 amide bonds. The average molecular weight is 361 g/mol. The standard InChI is InChI=1S/C14H12Cl3N3O2/c15-8-3-4-9(10(16)6-8)12(21)7-19-14(22)20-11-2-1-5-18-13(11)17/h1-6,12,21H,7H2,(H2,19,20,22). The summed E-state index contributed by atoms with van der Waals surface area (Å²) < 4.78 is 0. The molecule has 1 atom stereocenters. The smallest absolute Gasteiger partial charge is 0.319 e. The lowest BCUT2D eigenvalue weighted by Crippen LogP contribution is -2.32. The molecular weight excluding hydrogens is 349 g/mol. The minimum Gasteiger partial charge on any atom is -0.387 e. The van der Waals surface area contributed by atoms with E-state index < -0.39 is 12.1 Å². The molecule has 0 aliphatic heterocycles. The number of hydrogen-bond donors (Lipinski definition) is 3. The Morgan fingerprint density at radius 3 is 2.73 bits per heavy atom. The molecule has 116 valence electrons. The minimum atomic E-state index is -0.958. The third-order valence-corrected chi connectivity index (χ3v) is 3.65. The second-order valence-electron chi connectivity index (χ2n) is 4.36. The molecule has 2 aromatic rings. The summed E-state index contributed by atoms with van der Waals surface area (Å²) >= 11 is 17.6. The van der Waals surface area contributed by atoms with Crippen molar-refractivity contribution in [2.45, 2.75) is 6.10 Å². The van der Waals surface area contributed by atoms with Gasteiger partial charge in [-0.1, -0.05) is 40.9 Å². The van der Waals surface area contributed by atoms with Crippen molar-refractivity contribution in [3.8, 4) is 0 Å². The first-order valence-corrected chi connectivity index (χ1v) is 7.39. The Bertz CT molecular complexity index is 682. The maximum atomic E-state index is 11.8. The fourth-order valence-corrected chi connectivity index (χ4v) is 2.42. The Balaban J connectivity index is 1.92. The fourth-order valence-electron chi connectivity index (χ4n) is 1.72. The summed E-state index contributed by atoms with van der Waals surface area (Å²) in [5, 5.41) is 16.1. The first-order valence-electron chi connectivity index (χ1n) is 6.25. The Kier molecular flexibility index (Phi) is 5.85. The number of aliphatic hydroxyl groups excluding tert-OH is 1. The summed E-state index contributed by atoms with van der Waals surface area (Å²) in [6.07, 6.45) is 0.553. The zero-order valence-corrected chi connectivity index (χ0v) is 13.5. The number of carbonyl (C=O) groups is 1. The number of nitrogens with zero attached hydrogens (tertiary/aromatic N) is 1. The maximum Gasteiger partial charge on any atom is 0.319 e. The van der Waals surface area contributed by atoms with Crippen molar-refractivity contribution in [1.82, 2.24) is 10.3 Å². The Morgan fingerprint density at radius 1 is 1.27 bits per heavy atom. The van der Waals surface area contributed by atoms with Gasteiger partial charge in [-0.3, -0.25) is 0 Å². The lowest BCUT2D eigenvalue weighted by Gasteiger charge is -2.14. The topological polar surface area (TPSA) is 74.2 Å². The molecule has 1 aromatic carbocycles. The van der Waals surface area contributed by atoms with E-state index in [1.54, 1.807) is 24.3 Å². The monoisotopic (exact) mass is 359 g/mol. The van der Waals surface area contributed by atoms with E-state index in [-0.39, 0.29) is 11.7 Å². The van der Waals surface area contributed by atoms with Gasteiger partial charge in [-0.25, -0.2) is 9.78 Å². The predicted octanol–water partition coefficient (Wildman–Crippen LogP) is 3.90. The molecule has 0 aliphatic rings. The number of benzene rings is 1. The molecule has 0 bridgehead atoms. The average Bonchev–Trinajstić information content (AvgIpc) is 2.47. The third kappa shape index (κ3) is 4.48. The van der Waals surface area contributed by atoms with Crippen LogP contribution in [0.1, 0.15) is 11.7 Å². The quantitative estimate of drug-likeness (QED) is 0.724. The number of nitrogens with one attached hydrogen (secondary N) is 2. The van der Waals surface area contributed by atoms with Crippen LogP contribution in [0.25, 0.3) is 0 Å². The zero-order valence-electron chi connectivity index (χ0n) is 11.2. The van der Waals surface area contributed by atoms with Crippen molar-refractivity contribution in [1.29, 1.82) is 0 Å². The van der Waals surface area contributed by atoms with E-state index in [4.69, 9.17) is 34.8 Å². The summed E-state index contributed by atoms with van der Waals surface area (Å²) in [4.78, 5) is 15.6. The van der Waals surface area contributed by atoms with E-state index in [2.05, 4.69) is 15.6 Å². The largest absolute Gasteiger partial charge is 0.387 e. The van der Waals surface area contributed by atoms with Crippen LogP contribution < -0.4 is 10.6 Å². The first kappa shape index (κ1) is 16.8. The van der Waals surface area contributed by atoms with Crippen molar-refractivity contribution < 1.29 is 9.90 Å². The molecule has 0 radical (unpaired) electrons. The fraction of sp³-hybridized carbons (Fsp3) is 0.143. The highest BCUT2D eigenvalue weighted by molar-refractivity contribution is 6.35. The van der Waals surface area contributed by atoms with Crippen LogP contribution in [0, 0.1) is 0 Å². The number of aliphatic hydroxyl groups is 1. The molecule has 0 saturated carbocycles. The summed E-state index contributed by atoms with van der Waals surface area (Å²) in [7, 11) is 0.